The van der Waals surface area contributed by atoms with Crippen LogP contribution >= 0.6 is 0 Å². The van der Waals surface area contributed by atoms with Crippen molar-refractivity contribution in [2.75, 3.05) is 6.54 Å². The summed E-state index contributed by atoms with van der Waals surface area (Å²) in [5.41, 5.74) is 1.01. The molecule has 0 bridgehead atoms. The molecule has 0 aliphatic rings. The lowest BCUT2D eigenvalue weighted by Gasteiger charge is -2.22. The second-order valence-electron chi connectivity index (χ2n) is 7.37. The van der Waals surface area contributed by atoms with E-state index in [0.717, 1.165) is 12.1 Å². The fourth-order valence-corrected chi connectivity index (χ4v) is 1.85. The van der Waals surface area contributed by atoms with Crippen LogP contribution < -0.4 is 5.32 Å². The molecule has 0 aliphatic carbocycles. The Balaban J connectivity index is 2.36. The van der Waals surface area contributed by atoms with Crippen molar-refractivity contribution in [1.82, 2.24) is 20.3 Å². The lowest BCUT2D eigenvalue weighted by Crippen LogP contribution is -2.30. The van der Waals surface area contributed by atoms with Crippen molar-refractivity contribution >= 4 is 0 Å². The second-order valence-corrected chi connectivity index (χ2v) is 7.37. The van der Waals surface area contributed by atoms with E-state index in [1.165, 1.54) is 0 Å². The van der Waals surface area contributed by atoms with Gasteiger partial charge in [-0.15, -0.1) is 5.10 Å². The smallest absolute Gasteiger partial charge is 0.0965 e. The van der Waals surface area contributed by atoms with Gasteiger partial charge >= 0.3 is 0 Å². The topological polar surface area (TPSA) is 63.0 Å². The van der Waals surface area contributed by atoms with Crippen LogP contribution in [0.1, 0.15) is 53.7 Å². The number of rotatable bonds is 5. The normalized spacial score (nSPS) is 14.7. The van der Waals surface area contributed by atoms with E-state index in [0.29, 0.717) is 13.1 Å². The molecule has 0 fully saturated rings. The summed E-state index contributed by atoms with van der Waals surface area (Å²) in [5.74, 6) is 0. The maximum Gasteiger partial charge on any atom is 0.0965 e. The van der Waals surface area contributed by atoms with Gasteiger partial charge in [-0.3, -0.25) is 0 Å². The predicted octanol–water partition coefficient (Wildman–Crippen LogP) is 1.92. The summed E-state index contributed by atoms with van der Waals surface area (Å²) >= 11 is 0. The molecule has 0 radical (unpaired) electrons. The van der Waals surface area contributed by atoms with Crippen molar-refractivity contribution < 1.29 is 5.11 Å². The monoisotopic (exact) mass is 268 g/mol. The summed E-state index contributed by atoms with van der Waals surface area (Å²) < 4.78 is 1.86. The highest BCUT2D eigenvalue weighted by molar-refractivity contribution is 4.94. The number of aliphatic hydroxyl groups is 1. The highest BCUT2D eigenvalue weighted by Crippen LogP contribution is 2.20. The average molecular weight is 268 g/mol. The second kappa shape index (κ2) is 6.01. The zero-order valence-electron chi connectivity index (χ0n) is 13.1. The number of hydrogen-bond donors (Lipinski definition) is 2. The van der Waals surface area contributed by atoms with Gasteiger partial charge in [-0.1, -0.05) is 26.0 Å². The Labute approximate surface area is 116 Å². The van der Waals surface area contributed by atoms with Crippen molar-refractivity contribution in [1.29, 1.82) is 0 Å². The van der Waals surface area contributed by atoms with Gasteiger partial charge in [-0.25, -0.2) is 4.68 Å². The van der Waals surface area contributed by atoms with Crippen LogP contribution in [-0.2, 0) is 12.1 Å². The van der Waals surface area contributed by atoms with Gasteiger partial charge in [0.25, 0.3) is 0 Å². The third-order valence-electron chi connectivity index (χ3n) is 2.76. The largest absolute Gasteiger partial charge is 0.392 e. The van der Waals surface area contributed by atoms with E-state index in [1.807, 2.05) is 10.9 Å². The molecule has 1 atom stereocenters. The fraction of sp³-hybridized carbons (Fsp3) is 0.857. The fourth-order valence-electron chi connectivity index (χ4n) is 1.85. The van der Waals surface area contributed by atoms with Gasteiger partial charge in [0.15, 0.2) is 0 Å². The molecule has 0 saturated carbocycles. The van der Waals surface area contributed by atoms with Gasteiger partial charge in [0.2, 0.25) is 0 Å². The lowest BCUT2D eigenvalue weighted by molar-refractivity contribution is 0.119. The standard InChI is InChI=1S/C14H28N4O/c1-13(2,3)7-12(19)9-15-8-11-10-18(17-16-11)14(4,5)6/h10,12,15,19H,7-9H2,1-6H3. The number of nitrogens with zero attached hydrogens (tertiary/aromatic N) is 3. The molecular weight excluding hydrogens is 240 g/mol. The van der Waals surface area contributed by atoms with Crippen molar-refractivity contribution in [3.05, 3.63) is 11.9 Å². The molecule has 2 N–H and O–H groups in total. The van der Waals surface area contributed by atoms with Crippen LogP contribution in [0.4, 0.5) is 0 Å². The van der Waals surface area contributed by atoms with Gasteiger partial charge in [-0.05, 0) is 32.6 Å². The Morgan fingerprint density at radius 1 is 1.26 bits per heavy atom. The first-order valence-corrected chi connectivity index (χ1v) is 6.88. The summed E-state index contributed by atoms with van der Waals surface area (Å²) in [6.45, 7) is 13.9. The lowest BCUT2D eigenvalue weighted by atomic mass is 9.89. The first-order chi connectivity index (χ1) is 8.58. The quantitative estimate of drug-likeness (QED) is 0.856. The minimum absolute atomic E-state index is 0.0446. The molecule has 0 aliphatic heterocycles. The van der Waals surface area contributed by atoms with E-state index in [9.17, 15) is 5.11 Å². The van der Waals surface area contributed by atoms with E-state index < -0.39 is 0 Å². The van der Waals surface area contributed by atoms with Gasteiger partial charge in [-0.2, -0.15) is 0 Å². The van der Waals surface area contributed by atoms with Crippen molar-refractivity contribution in [3.63, 3.8) is 0 Å². The van der Waals surface area contributed by atoms with Crippen LogP contribution in [0.3, 0.4) is 0 Å². The minimum atomic E-state index is -0.322. The molecule has 0 aromatic carbocycles. The summed E-state index contributed by atoms with van der Waals surface area (Å²) in [5, 5.41) is 21.3. The number of aromatic nitrogens is 3. The van der Waals surface area contributed by atoms with Crippen LogP contribution in [0.25, 0.3) is 0 Å². The number of nitrogens with one attached hydrogen (secondary N) is 1. The van der Waals surface area contributed by atoms with Crippen LogP contribution in [0.5, 0.6) is 0 Å². The number of aliphatic hydroxyl groups excluding tert-OH is 1. The molecular formula is C14H28N4O. The molecule has 1 unspecified atom stereocenters. The molecule has 110 valence electrons. The zero-order valence-corrected chi connectivity index (χ0v) is 13.1. The van der Waals surface area contributed by atoms with Crippen molar-refractivity contribution in [3.8, 4) is 0 Å². The first kappa shape index (κ1) is 16.1. The average Bonchev–Trinajstić information content (AvgIpc) is 2.62. The molecule has 1 aromatic rings. The maximum absolute atomic E-state index is 9.89. The zero-order chi connectivity index (χ0) is 14.7. The van der Waals surface area contributed by atoms with Gasteiger partial charge in [0.1, 0.15) is 0 Å². The summed E-state index contributed by atoms with van der Waals surface area (Å²) in [7, 11) is 0. The summed E-state index contributed by atoms with van der Waals surface area (Å²) in [6, 6.07) is 0. The highest BCUT2D eigenvalue weighted by Gasteiger charge is 2.17. The van der Waals surface area contributed by atoms with Crippen molar-refractivity contribution in [2.45, 2.75) is 66.2 Å². The van der Waals surface area contributed by atoms with Crippen LogP contribution in [0.2, 0.25) is 0 Å². The summed E-state index contributed by atoms with van der Waals surface area (Å²) in [6.07, 6.45) is 2.41. The Hall–Kier alpha value is -0.940. The van der Waals surface area contributed by atoms with Gasteiger partial charge in [0.05, 0.1) is 23.5 Å². The van der Waals surface area contributed by atoms with Crippen LogP contribution in [0, 0.1) is 5.41 Å². The van der Waals surface area contributed by atoms with Crippen LogP contribution in [-0.4, -0.2) is 32.7 Å². The van der Waals surface area contributed by atoms with E-state index in [-0.39, 0.29) is 17.1 Å². The Morgan fingerprint density at radius 3 is 2.37 bits per heavy atom. The molecule has 0 amide bonds. The predicted molar refractivity (Wildman–Crippen MR) is 76.8 cm³/mol. The Bertz CT molecular complexity index is 387. The minimum Gasteiger partial charge on any atom is -0.392 e. The first-order valence-electron chi connectivity index (χ1n) is 6.88. The molecule has 19 heavy (non-hydrogen) atoms. The SMILES string of the molecule is CC(C)(C)CC(O)CNCc1cn(C(C)(C)C)nn1. The van der Waals surface area contributed by atoms with Gasteiger partial charge in [0, 0.05) is 13.1 Å². The Kier molecular flexibility index (Phi) is 5.10. The van der Waals surface area contributed by atoms with Crippen molar-refractivity contribution in [2.24, 2.45) is 5.41 Å². The molecule has 0 spiro atoms. The summed E-state index contributed by atoms with van der Waals surface area (Å²) in [4.78, 5) is 0. The van der Waals surface area contributed by atoms with E-state index in [2.05, 4.69) is 57.2 Å². The third kappa shape index (κ3) is 6.16. The van der Waals surface area contributed by atoms with E-state index in [1.54, 1.807) is 0 Å². The van der Waals surface area contributed by atoms with E-state index >= 15 is 0 Å². The third-order valence-corrected chi connectivity index (χ3v) is 2.76. The molecule has 1 heterocycles. The van der Waals surface area contributed by atoms with Crippen LogP contribution in [0.15, 0.2) is 6.20 Å². The highest BCUT2D eigenvalue weighted by atomic mass is 16.3. The maximum atomic E-state index is 9.89. The van der Waals surface area contributed by atoms with Gasteiger partial charge < -0.3 is 10.4 Å². The van der Waals surface area contributed by atoms with E-state index in [4.69, 9.17) is 0 Å². The molecule has 5 nitrogen and oxygen atoms in total. The Morgan fingerprint density at radius 2 is 1.89 bits per heavy atom. The molecule has 1 rings (SSSR count). The number of hydrogen-bond acceptors (Lipinski definition) is 4. The molecule has 5 heteroatoms. The molecule has 1 aromatic heterocycles. The molecule has 0 saturated heterocycles.